The van der Waals surface area contributed by atoms with Gasteiger partial charge in [-0.05, 0) is 41.3 Å². The van der Waals surface area contributed by atoms with Gasteiger partial charge in [-0.25, -0.2) is 0 Å². The Hall–Kier alpha value is -4.61. The highest BCUT2D eigenvalue weighted by Gasteiger charge is 2.53. The molecule has 1 fully saturated rings. The third-order valence-electron chi connectivity index (χ3n) is 6.38. The van der Waals surface area contributed by atoms with E-state index in [-0.39, 0.29) is 35.3 Å². The lowest BCUT2D eigenvalue weighted by Crippen LogP contribution is -2.31. The van der Waals surface area contributed by atoms with Gasteiger partial charge in [0.2, 0.25) is 11.7 Å². The molecule has 2 amide bonds. The van der Waals surface area contributed by atoms with Gasteiger partial charge in [0.1, 0.15) is 11.7 Å². The molecule has 2 unspecified atom stereocenters. The van der Waals surface area contributed by atoms with Crippen LogP contribution in [0.3, 0.4) is 0 Å². The number of ketones is 2. The summed E-state index contributed by atoms with van der Waals surface area (Å²) in [5.41, 5.74) is 1.77. The van der Waals surface area contributed by atoms with Crippen molar-refractivity contribution < 1.29 is 37.1 Å². The minimum atomic E-state index is -4.91. The Bertz CT molecular complexity index is 1420. The van der Waals surface area contributed by atoms with Crippen molar-refractivity contribution in [1.29, 1.82) is 0 Å². The molecule has 2 heterocycles. The molecule has 1 saturated heterocycles. The van der Waals surface area contributed by atoms with Crippen molar-refractivity contribution in [1.82, 2.24) is 15.5 Å². The van der Waals surface area contributed by atoms with E-state index in [0.717, 1.165) is 22.6 Å². The Morgan fingerprint density at radius 3 is 2.15 bits per heavy atom. The number of ether oxygens (including phenoxy) is 1. The molecule has 208 valence electrons. The molecular formula is C28H25F3N4O5. The number of carbonyl (C=O) groups excluding carboxylic acids is 4. The van der Waals surface area contributed by atoms with E-state index in [1.165, 1.54) is 31.2 Å². The summed E-state index contributed by atoms with van der Waals surface area (Å²) in [5, 5.41) is 10.6. The number of benzene rings is 2. The number of hydrogen-bond acceptors (Lipinski definition) is 7. The lowest BCUT2D eigenvalue weighted by molar-refractivity contribution is -0.274. The van der Waals surface area contributed by atoms with E-state index in [4.69, 9.17) is 0 Å². The molecule has 0 radical (unpaired) electrons. The number of anilines is 1. The maximum Gasteiger partial charge on any atom is 0.573 e. The second-order valence-electron chi connectivity index (χ2n) is 9.51. The van der Waals surface area contributed by atoms with Crippen LogP contribution < -0.4 is 15.0 Å². The van der Waals surface area contributed by atoms with E-state index in [1.807, 2.05) is 13.8 Å². The van der Waals surface area contributed by atoms with Gasteiger partial charge in [0, 0.05) is 12.5 Å². The van der Waals surface area contributed by atoms with Crippen LogP contribution in [-0.2, 0) is 20.9 Å². The number of hydrogen-bond donors (Lipinski definition) is 1. The molecule has 1 aliphatic heterocycles. The van der Waals surface area contributed by atoms with Crippen molar-refractivity contribution in [2.75, 3.05) is 4.90 Å². The molecule has 1 N–H and O–H groups in total. The predicted octanol–water partition coefficient (Wildman–Crippen LogP) is 4.29. The highest BCUT2D eigenvalue weighted by atomic mass is 19.4. The monoisotopic (exact) mass is 554 g/mol. The van der Waals surface area contributed by atoms with Gasteiger partial charge >= 0.3 is 6.36 Å². The summed E-state index contributed by atoms with van der Waals surface area (Å²) in [6.07, 6.45) is -4.91. The molecule has 9 nitrogen and oxygen atoms in total. The smallest absolute Gasteiger partial charge is 0.406 e. The highest BCUT2D eigenvalue weighted by Crippen LogP contribution is 2.41. The third kappa shape index (κ3) is 6.16. The van der Waals surface area contributed by atoms with Gasteiger partial charge in [-0.2, -0.15) is 5.10 Å². The van der Waals surface area contributed by atoms with E-state index in [9.17, 15) is 32.3 Å². The summed E-state index contributed by atoms with van der Waals surface area (Å²) >= 11 is 0. The minimum Gasteiger partial charge on any atom is -0.406 e. The Morgan fingerprint density at radius 1 is 0.975 bits per heavy atom. The summed E-state index contributed by atoms with van der Waals surface area (Å²) in [5.74, 6) is -4.74. The standard InChI is InChI=1S/C28H25F3N4O5/c1-15(2)17-4-6-19(7-5-17)25(37)23-24(18-8-11-21(12-9-18)40-28(29,30)31)35(27(39)26(23)38)22-13-10-20(33-34-22)14-32-16(3)36/h4-13,15,23-24H,14H2,1-3H3,(H,32,36). The molecule has 4 rings (SSSR count). The van der Waals surface area contributed by atoms with Crippen LogP contribution in [0.1, 0.15) is 59.9 Å². The number of halogens is 3. The van der Waals surface area contributed by atoms with Crippen LogP contribution in [0, 0.1) is 5.92 Å². The maximum atomic E-state index is 13.7. The van der Waals surface area contributed by atoms with Crippen molar-refractivity contribution in [3.63, 3.8) is 0 Å². The Labute approximate surface area is 227 Å². The van der Waals surface area contributed by atoms with Gasteiger partial charge in [0.25, 0.3) is 5.91 Å². The average Bonchev–Trinajstić information content (AvgIpc) is 3.17. The Morgan fingerprint density at radius 2 is 1.62 bits per heavy atom. The number of aromatic nitrogens is 2. The van der Waals surface area contributed by atoms with Crippen molar-refractivity contribution in [2.45, 2.75) is 45.6 Å². The van der Waals surface area contributed by atoms with Crippen LogP contribution in [-0.4, -0.2) is 39.9 Å². The lowest BCUT2D eigenvalue weighted by atomic mass is 9.86. The molecule has 2 atom stereocenters. The van der Waals surface area contributed by atoms with E-state index >= 15 is 0 Å². The fourth-order valence-corrected chi connectivity index (χ4v) is 4.39. The Balaban J connectivity index is 1.74. The number of rotatable bonds is 8. The second kappa shape index (κ2) is 11.2. The zero-order valence-corrected chi connectivity index (χ0v) is 21.7. The van der Waals surface area contributed by atoms with Gasteiger partial charge in [0.05, 0.1) is 18.3 Å². The van der Waals surface area contributed by atoms with Gasteiger partial charge in [-0.3, -0.25) is 24.1 Å². The minimum absolute atomic E-state index is 0.0454. The van der Waals surface area contributed by atoms with Gasteiger partial charge in [0.15, 0.2) is 11.6 Å². The molecule has 1 aliphatic rings. The number of alkyl halides is 3. The summed E-state index contributed by atoms with van der Waals surface area (Å²) in [7, 11) is 0. The van der Waals surface area contributed by atoms with E-state index < -0.39 is 41.5 Å². The molecule has 0 spiro atoms. The highest BCUT2D eigenvalue weighted by molar-refractivity contribution is 6.48. The number of nitrogens with zero attached hydrogens (tertiary/aromatic N) is 3. The van der Waals surface area contributed by atoms with Crippen LogP contribution >= 0.6 is 0 Å². The van der Waals surface area contributed by atoms with Crippen molar-refractivity contribution >= 4 is 29.2 Å². The largest absolute Gasteiger partial charge is 0.573 e. The topological polar surface area (TPSA) is 119 Å². The van der Waals surface area contributed by atoms with Crippen molar-refractivity contribution in [3.8, 4) is 5.75 Å². The van der Waals surface area contributed by atoms with Crippen molar-refractivity contribution in [3.05, 3.63) is 83.0 Å². The molecule has 3 aromatic rings. The second-order valence-corrected chi connectivity index (χ2v) is 9.51. The van der Waals surface area contributed by atoms with Crippen LogP contribution in [0.15, 0.2) is 60.7 Å². The van der Waals surface area contributed by atoms with E-state index in [0.29, 0.717) is 5.69 Å². The first kappa shape index (κ1) is 28.4. The van der Waals surface area contributed by atoms with Gasteiger partial charge in [-0.1, -0.05) is 50.2 Å². The maximum absolute atomic E-state index is 13.7. The first-order valence-corrected chi connectivity index (χ1v) is 12.3. The van der Waals surface area contributed by atoms with Crippen LogP contribution in [0.5, 0.6) is 5.75 Å². The fraction of sp³-hybridized carbons (Fsp3) is 0.286. The predicted molar refractivity (Wildman–Crippen MR) is 136 cm³/mol. The number of Topliss-reactive ketones (excluding diaryl/α,β-unsaturated/α-hetero) is 2. The number of nitrogens with one attached hydrogen (secondary N) is 1. The SMILES string of the molecule is CC(=O)NCc1ccc(N2C(=O)C(=O)C(C(=O)c3ccc(C(C)C)cc3)C2c2ccc(OC(F)(F)F)cc2)nn1. The number of amides is 2. The summed E-state index contributed by atoms with van der Waals surface area (Å²) in [6, 6.07) is 12.9. The average molecular weight is 555 g/mol. The zero-order valence-electron chi connectivity index (χ0n) is 21.7. The van der Waals surface area contributed by atoms with E-state index in [2.05, 4.69) is 20.3 Å². The van der Waals surface area contributed by atoms with Crippen LogP contribution in [0.25, 0.3) is 0 Å². The molecule has 40 heavy (non-hydrogen) atoms. The Kier molecular flexibility index (Phi) is 7.98. The molecule has 0 bridgehead atoms. The third-order valence-corrected chi connectivity index (χ3v) is 6.38. The van der Waals surface area contributed by atoms with Crippen LogP contribution in [0.2, 0.25) is 0 Å². The molecular weight excluding hydrogens is 529 g/mol. The first-order chi connectivity index (χ1) is 18.9. The molecule has 1 aromatic heterocycles. The summed E-state index contributed by atoms with van der Waals surface area (Å²) in [4.78, 5) is 52.4. The molecule has 2 aromatic carbocycles. The molecule has 0 aliphatic carbocycles. The zero-order chi connectivity index (χ0) is 29.2. The molecule has 0 saturated carbocycles. The van der Waals surface area contributed by atoms with Gasteiger partial charge < -0.3 is 10.1 Å². The summed E-state index contributed by atoms with van der Waals surface area (Å²) < 4.78 is 42.0. The van der Waals surface area contributed by atoms with Crippen molar-refractivity contribution in [2.24, 2.45) is 5.92 Å². The number of carbonyl (C=O) groups is 4. The summed E-state index contributed by atoms with van der Waals surface area (Å²) in [6.45, 7) is 5.38. The fourth-order valence-electron chi connectivity index (χ4n) is 4.39. The van der Waals surface area contributed by atoms with E-state index in [1.54, 1.807) is 24.3 Å². The van der Waals surface area contributed by atoms with Gasteiger partial charge in [-0.15, -0.1) is 18.3 Å². The quantitative estimate of drug-likeness (QED) is 0.251. The normalized spacial score (nSPS) is 17.3. The lowest BCUT2D eigenvalue weighted by Gasteiger charge is -2.26. The van der Waals surface area contributed by atoms with Crippen LogP contribution in [0.4, 0.5) is 19.0 Å². The molecule has 12 heteroatoms. The first-order valence-electron chi connectivity index (χ1n) is 12.3.